The van der Waals surface area contributed by atoms with Crippen LogP contribution >= 0.6 is 0 Å². The van der Waals surface area contributed by atoms with E-state index >= 15 is 0 Å². The van der Waals surface area contributed by atoms with Gasteiger partial charge in [-0.3, -0.25) is 49.2 Å². The first-order chi connectivity index (χ1) is 33.5. The van der Waals surface area contributed by atoms with E-state index in [-0.39, 0.29) is 75.2 Å². The first kappa shape index (κ1) is 61.5. The second kappa shape index (κ2) is 33.9. The lowest BCUT2D eigenvalue weighted by Crippen LogP contribution is -2.59. The van der Waals surface area contributed by atoms with Gasteiger partial charge in [-0.15, -0.1) is 0 Å². The van der Waals surface area contributed by atoms with Gasteiger partial charge >= 0.3 is 0 Å². The molecule has 0 heterocycles. The van der Waals surface area contributed by atoms with Crippen molar-refractivity contribution in [2.75, 3.05) is 26.2 Å². The minimum Gasteiger partial charge on any atom is -0.508 e. The van der Waals surface area contributed by atoms with Gasteiger partial charge in [0.15, 0.2) is 11.9 Å². The van der Waals surface area contributed by atoms with Crippen LogP contribution in [0.25, 0.3) is 0 Å². The summed E-state index contributed by atoms with van der Waals surface area (Å²) in [6, 6.07) is 8.29. The summed E-state index contributed by atoms with van der Waals surface area (Å²) in [5.41, 5.74) is 18.3. The monoisotopic (exact) mass is 997 g/mol. The standard InChI is InChI=1S/C45H72N14O8.C2H4O2/c1-5-6-20-51-40(64)33(14-10-21-52-44(47)48)57-41(65)34(15-11-22-53-45(49)50)58-42(66)35(23-27(2)3)59-43(67)36(25-29-12-8-7-9-13-29)56-37(61)26-54-38(62)28(4)55-39(63)32(46)24-30-16-18-31(60)19-17-30;1-2(3)4/h7-9,12-13,16-19,27-28,32-36,60H,5-6,10-11,14-15,20-26,46H2,1-4H3,(H,51,64)(H,54,62)(H,55,63)(H,56,61)(H,57,65)(H,58,66)(H,59,67)(H4,47,48,52)(H4,49,50,53);1H3,(H,3,4)/t28-,32+,33+,34+,35+,36+;/m1./s1. The van der Waals surface area contributed by atoms with Gasteiger partial charge in [-0.25, -0.2) is 0 Å². The molecule has 24 nitrogen and oxygen atoms in total. The number of unbranched alkanes of at least 4 members (excludes halogenated alkanes) is 1. The average Bonchev–Trinajstić information content (AvgIpc) is 3.30. The van der Waals surface area contributed by atoms with Crippen molar-refractivity contribution in [1.29, 1.82) is 10.8 Å². The van der Waals surface area contributed by atoms with Gasteiger partial charge in [-0.1, -0.05) is 69.7 Å². The maximum atomic E-state index is 14.1. The molecule has 0 unspecified atom stereocenters. The zero-order valence-corrected chi connectivity index (χ0v) is 41.3. The number of amides is 7. The van der Waals surface area contributed by atoms with Crippen LogP contribution in [0, 0.1) is 16.7 Å². The largest absolute Gasteiger partial charge is 0.508 e. The number of carboxylic acid groups (broad SMARTS) is 1. The third kappa shape index (κ3) is 27.9. The average molecular weight is 997 g/mol. The molecule has 0 aliphatic rings. The van der Waals surface area contributed by atoms with Crippen LogP contribution in [0.3, 0.4) is 0 Å². The second-order valence-electron chi connectivity index (χ2n) is 17.2. The molecule has 7 amide bonds. The van der Waals surface area contributed by atoms with E-state index < -0.39 is 90.1 Å². The molecule has 2 rings (SSSR count). The van der Waals surface area contributed by atoms with E-state index in [9.17, 15) is 38.7 Å². The fraction of sp³-hybridized carbons (Fsp3) is 0.532. The van der Waals surface area contributed by atoms with Crippen molar-refractivity contribution in [2.45, 2.75) is 129 Å². The Bertz CT molecular complexity index is 2040. The molecule has 2 aromatic carbocycles. The van der Waals surface area contributed by atoms with E-state index in [1.807, 2.05) is 20.8 Å². The Kier molecular flexibility index (Phi) is 29.4. The number of benzene rings is 2. The first-order valence-corrected chi connectivity index (χ1v) is 23.5. The first-order valence-electron chi connectivity index (χ1n) is 23.5. The number of hydrogen-bond acceptors (Lipinski definition) is 12. The number of phenols is 1. The van der Waals surface area contributed by atoms with Gasteiger partial charge < -0.3 is 75.3 Å². The van der Waals surface area contributed by atoms with Gasteiger partial charge in [-0.2, -0.15) is 0 Å². The van der Waals surface area contributed by atoms with Gasteiger partial charge in [-0.05, 0) is 81.0 Å². The Balaban J connectivity index is 0.00000605. The van der Waals surface area contributed by atoms with E-state index in [1.54, 1.807) is 42.5 Å². The molecule has 24 heteroatoms. The van der Waals surface area contributed by atoms with Crippen LogP contribution in [0.2, 0.25) is 0 Å². The summed E-state index contributed by atoms with van der Waals surface area (Å²) in [6.45, 7) is 8.45. The fourth-order valence-electron chi connectivity index (χ4n) is 6.62. The number of aliphatic carboxylic acids is 1. The Labute approximate surface area is 414 Å². The van der Waals surface area contributed by atoms with E-state index in [0.717, 1.165) is 19.8 Å². The molecule has 0 aliphatic carbocycles. The van der Waals surface area contributed by atoms with Crippen molar-refractivity contribution in [3.8, 4) is 5.75 Å². The van der Waals surface area contributed by atoms with Crippen molar-refractivity contribution in [3.63, 3.8) is 0 Å². The van der Waals surface area contributed by atoms with Crippen molar-refractivity contribution < 1.29 is 48.6 Å². The maximum absolute atomic E-state index is 14.1. The molecular weight excluding hydrogens is 921 g/mol. The van der Waals surface area contributed by atoms with Gasteiger partial charge in [0.1, 0.15) is 36.0 Å². The SMILES string of the molecule is CC(=O)O.CCCCNC(=O)[C@H](CCCNC(=N)N)NC(=O)[C@H](CCCNC(=N)N)NC(=O)[C@H](CC(C)C)NC(=O)[C@H](Cc1ccccc1)NC(=O)CNC(=O)[C@@H](C)NC(=O)[C@@H](N)Cc1ccc(O)cc1. The molecule has 394 valence electrons. The number of aromatic hydroxyl groups is 1. The molecule has 71 heavy (non-hydrogen) atoms. The molecular formula is C47H76N14O10. The van der Waals surface area contributed by atoms with Crippen LogP contribution in [0.15, 0.2) is 54.6 Å². The predicted octanol–water partition coefficient (Wildman–Crippen LogP) is -1.36. The molecule has 0 radical (unpaired) electrons. The van der Waals surface area contributed by atoms with Gasteiger partial charge in [0.25, 0.3) is 5.97 Å². The molecule has 0 saturated heterocycles. The zero-order valence-electron chi connectivity index (χ0n) is 41.3. The van der Waals surface area contributed by atoms with Crippen LogP contribution in [-0.2, 0) is 51.2 Å². The number of hydrogen-bond donors (Lipinski definition) is 16. The van der Waals surface area contributed by atoms with Crippen LogP contribution in [0.5, 0.6) is 5.75 Å². The molecule has 0 fully saturated rings. The van der Waals surface area contributed by atoms with E-state index in [2.05, 4.69) is 47.9 Å². The van der Waals surface area contributed by atoms with E-state index in [0.29, 0.717) is 24.1 Å². The fourth-order valence-corrected chi connectivity index (χ4v) is 6.62. The molecule has 0 aromatic heterocycles. The van der Waals surface area contributed by atoms with Crippen molar-refractivity contribution in [3.05, 3.63) is 65.7 Å². The van der Waals surface area contributed by atoms with Crippen LogP contribution in [0.1, 0.15) is 90.7 Å². The highest BCUT2D eigenvalue weighted by atomic mass is 16.4. The van der Waals surface area contributed by atoms with Crippen molar-refractivity contribution >= 4 is 59.2 Å². The maximum Gasteiger partial charge on any atom is 0.300 e. The number of guanidine groups is 2. The van der Waals surface area contributed by atoms with Crippen LogP contribution < -0.4 is 65.1 Å². The Hall–Kier alpha value is -7.50. The lowest BCUT2D eigenvalue weighted by molar-refractivity contribution is -0.135. The highest BCUT2D eigenvalue weighted by Crippen LogP contribution is 2.12. The highest BCUT2D eigenvalue weighted by molar-refractivity contribution is 5.96. The number of rotatable bonds is 30. The molecule has 2 aromatic rings. The molecule has 0 saturated carbocycles. The normalized spacial score (nSPS) is 13.1. The van der Waals surface area contributed by atoms with Crippen molar-refractivity contribution in [2.24, 2.45) is 23.1 Å². The summed E-state index contributed by atoms with van der Waals surface area (Å²) < 4.78 is 0. The zero-order chi connectivity index (χ0) is 53.5. The van der Waals surface area contributed by atoms with Crippen LogP contribution in [-0.4, -0.2) is 132 Å². The topological polar surface area (TPSA) is 411 Å². The van der Waals surface area contributed by atoms with Gasteiger partial charge in [0, 0.05) is 33.0 Å². The smallest absolute Gasteiger partial charge is 0.300 e. The number of phenolic OH excluding ortho intramolecular Hbond substituents is 1. The Morgan fingerprint density at radius 3 is 1.58 bits per heavy atom. The summed E-state index contributed by atoms with van der Waals surface area (Å²) >= 11 is 0. The minimum absolute atomic E-state index is 0.00554. The quantitative estimate of drug-likeness (QED) is 0.0244. The predicted molar refractivity (Wildman–Crippen MR) is 267 cm³/mol. The molecule has 0 aliphatic heterocycles. The van der Waals surface area contributed by atoms with E-state index in [4.69, 9.17) is 37.9 Å². The number of carbonyl (C=O) groups excluding carboxylic acids is 7. The molecule has 6 atom stereocenters. The molecule has 0 spiro atoms. The van der Waals surface area contributed by atoms with Crippen LogP contribution in [0.4, 0.5) is 0 Å². The number of nitrogens with two attached hydrogens (primary N) is 3. The summed E-state index contributed by atoms with van der Waals surface area (Å²) in [5.74, 6) is -5.98. The second-order valence-corrected chi connectivity index (χ2v) is 17.2. The third-order valence-electron chi connectivity index (χ3n) is 10.2. The molecule has 0 bridgehead atoms. The third-order valence-corrected chi connectivity index (χ3v) is 10.2. The summed E-state index contributed by atoms with van der Waals surface area (Å²) in [7, 11) is 0. The summed E-state index contributed by atoms with van der Waals surface area (Å²) in [5, 5.41) is 55.9. The van der Waals surface area contributed by atoms with Crippen molar-refractivity contribution in [1.82, 2.24) is 47.9 Å². The number of nitrogens with one attached hydrogen (secondary N) is 11. The van der Waals surface area contributed by atoms with E-state index in [1.165, 1.54) is 19.1 Å². The summed E-state index contributed by atoms with van der Waals surface area (Å²) in [6.07, 6.45) is 2.73. The Morgan fingerprint density at radius 2 is 1.06 bits per heavy atom. The lowest BCUT2D eigenvalue weighted by atomic mass is 10.00. The lowest BCUT2D eigenvalue weighted by Gasteiger charge is -2.27. The molecule has 19 N–H and O–H groups in total. The number of carboxylic acids is 1. The number of carbonyl (C=O) groups is 8. The van der Waals surface area contributed by atoms with Gasteiger partial charge in [0.2, 0.25) is 41.4 Å². The highest BCUT2D eigenvalue weighted by Gasteiger charge is 2.32. The minimum atomic E-state index is -1.23. The Morgan fingerprint density at radius 1 is 0.577 bits per heavy atom. The van der Waals surface area contributed by atoms with Gasteiger partial charge in [0.05, 0.1) is 12.6 Å². The summed E-state index contributed by atoms with van der Waals surface area (Å²) in [4.78, 5) is 103.